The number of anilines is 1. The van der Waals surface area contributed by atoms with E-state index in [0.717, 1.165) is 24.3 Å². The number of hydrogen-bond acceptors (Lipinski definition) is 4. The lowest BCUT2D eigenvalue weighted by Gasteiger charge is -2.14. The number of carbonyl (C=O) groups is 1. The Morgan fingerprint density at radius 3 is 2.89 bits per heavy atom. The Bertz CT molecular complexity index is 424. The fraction of sp³-hybridized carbons (Fsp3) is 0.500. The molecule has 106 valence electrons. The van der Waals surface area contributed by atoms with Gasteiger partial charge in [0.2, 0.25) is 5.91 Å². The normalized spacial score (nSPS) is 11.9. The fourth-order valence-corrected chi connectivity index (χ4v) is 2.53. The maximum atomic E-state index is 11.9. The van der Waals surface area contributed by atoms with Gasteiger partial charge in [-0.15, -0.1) is 11.8 Å². The van der Waals surface area contributed by atoms with Crippen molar-refractivity contribution in [3.05, 3.63) is 18.2 Å². The first kappa shape index (κ1) is 15.7. The molecule has 0 fully saturated rings. The number of methoxy groups -OCH3 is 1. The Hall–Kier alpha value is -1.36. The fourth-order valence-electron chi connectivity index (χ4n) is 1.56. The molecule has 1 unspecified atom stereocenters. The van der Waals surface area contributed by atoms with Gasteiger partial charge in [-0.1, -0.05) is 13.3 Å². The number of rotatable bonds is 7. The summed E-state index contributed by atoms with van der Waals surface area (Å²) >= 11 is 1.48. The highest BCUT2D eigenvalue weighted by Gasteiger charge is 2.16. The first-order valence-corrected chi connectivity index (χ1v) is 7.34. The summed E-state index contributed by atoms with van der Waals surface area (Å²) in [7, 11) is 1.60. The summed E-state index contributed by atoms with van der Waals surface area (Å²) in [6, 6.07) is 5.46. The van der Waals surface area contributed by atoms with Gasteiger partial charge in [-0.3, -0.25) is 4.79 Å². The van der Waals surface area contributed by atoms with E-state index in [1.54, 1.807) is 13.2 Å². The molecule has 0 heterocycles. The van der Waals surface area contributed by atoms with Crippen molar-refractivity contribution in [2.45, 2.75) is 36.8 Å². The monoisotopic (exact) mass is 282 g/mol. The van der Waals surface area contributed by atoms with Gasteiger partial charge in [-0.05, 0) is 25.5 Å². The molecular weight excluding hydrogens is 260 g/mol. The Kier molecular flexibility index (Phi) is 6.56. The minimum atomic E-state index is -0.158. The molecule has 1 rings (SSSR count). The SMILES string of the molecule is CCCCNC(=O)C(C)Sc1ccc(N)cc1OC. The number of benzene rings is 1. The molecule has 1 amide bonds. The van der Waals surface area contributed by atoms with E-state index in [-0.39, 0.29) is 11.2 Å². The molecule has 1 aromatic carbocycles. The summed E-state index contributed by atoms with van der Waals surface area (Å²) in [6.45, 7) is 4.73. The molecule has 0 saturated heterocycles. The van der Waals surface area contributed by atoms with Crippen molar-refractivity contribution in [3.63, 3.8) is 0 Å². The molecule has 1 atom stereocenters. The van der Waals surface area contributed by atoms with Gasteiger partial charge in [0.15, 0.2) is 0 Å². The van der Waals surface area contributed by atoms with Gasteiger partial charge in [0.05, 0.1) is 17.3 Å². The molecule has 0 aliphatic heterocycles. The number of ether oxygens (including phenoxy) is 1. The van der Waals surface area contributed by atoms with E-state index >= 15 is 0 Å². The van der Waals surface area contributed by atoms with Crippen LogP contribution in [-0.4, -0.2) is 24.8 Å². The minimum absolute atomic E-state index is 0.0531. The van der Waals surface area contributed by atoms with Crippen LogP contribution in [0.25, 0.3) is 0 Å². The van der Waals surface area contributed by atoms with Gasteiger partial charge in [0, 0.05) is 18.3 Å². The zero-order valence-corrected chi connectivity index (χ0v) is 12.5. The highest BCUT2D eigenvalue weighted by Crippen LogP contribution is 2.33. The highest BCUT2D eigenvalue weighted by atomic mass is 32.2. The molecule has 3 N–H and O–H groups in total. The molecule has 1 aromatic rings. The van der Waals surface area contributed by atoms with Crippen LogP contribution in [0.15, 0.2) is 23.1 Å². The van der Waals surface area contributed by atoms with Crippen LogP contribution in [0, 0.1) is 0 Å². The van der Waals surface area contributed by atoms with Gasteiger partial charge < -0.3 is 15.8 Å². The first-order chi connectivity index (χ1) is 9.08. The lowest BCUT2D eigenvalue weighted by molar-refractivity contribution is -0.120. The van der Waals surface area contributed by atoms with Crippen LogP contribution < -0.4 is 15.8 Å². The molecule has 0 spiro atoms. The van der Waals surface area contributed by atoms with Gasteiger partial charge in [0.25, 0.3) is 0 Å². The number of unbranched alkanes of at least 4 members (excludes halogenated alkanes) is 1. The van der Waals surface area contributed by atoms with Crippen LogP contribution in [0.3, 0.4) is 0 Å². The predicted molar refractivity (Wildman–Crippen MR) is 80.6 cm³/mol. The van der Waals surface area contributed by atoms with Crippen molar-refractivity contribution in [1.82, 2.24) is 5.32 Å². The lowest BCUT2D eigenvalue weighted by atomic mass is 10.3. The first-order valence-electron chi connectivity index (χ1n) is 6.46. The van der Waals surface area contributed by atoms with E-state index in [9.17, 15) is 4.79 Å². The quantitative estimate of drug-likeness (QED) is 0.458. The predicted octanol–water partition coefficient (Wildman–Crippen LogP) is 2.67. The molecule has 5 heteroatoms. The van der Waals surface area contributed by atoms with E-state index in [0.29, 0.717) is 11.4 Å². The summed E-state index contributed by atoms with van der Waals surface area (Å²) in [4.78, 5) is 12.8. The van der Waals surface area contributed by atoms with E-state index < -0.39 is 0 Å². The Morgan fingerprint density at radius 2 is 2.26 bits per heavy atom. The van der Waals surface area contributed by atoms with Gasteiger partial charge >= 0.3 is 0 Å². The highest BCUT2D eigenvalue weighted by molar-refractivity contribution is 8.00. The Labute approximate surface area is 119 Å². The van der Waals surface area contributed by atoms with Gasteiger partial charge in [0.1, 0.15) is 5.75 Å². The second-order valence-electron chi connectivity index (χ2n) is 4.31. The van der Waals surface area contributed by atoms with Crippen molar-refractivity contribution in [2.75, 3.05) is 19.4 Å². The standard InChI is InChI=1S/C14H22N2O2S/c1-4-5-8-16-14(17)10(2)19-13-7-6-11(15)9-12(13)18-3/h6-7,9-10H,4-5,8,15H2,1-3H3,(H,16,17). The maximum absolute atomic E-state index is 11.9. The number of hydrogen-bond donors (Lipinski definition) is 2. The molecule has 0 bridgehead atoms. The number of amides is 1. The Morgan fingerprint density at radius 1 is 1.53 bits per heavy atom. The smallest absolute Gasteiger partial charge is 0.233 e. The minimum Gasteiger partial charge on any atom is -0.496 e. The van der Waals surface area contributed by atoms with E-state index in [2.05, 4.69) is 12.2 Å². The molecule has 0 saturated carbocycles. The van der Waals surface area contributed by atoms with Crippen molar-refractivity contribution >= 4 is 23.4 Å². The maximum Gasteiger partial charge on any atom is 0.233 e. The van der Waals surface area contributed by atoms with Crippen LogP contribution in [0.5, 0.6) is 5.75 Å². The number of nitrogen functional groups attached to an aromatic ring is 1. The van der Waals surface area contributed by atoms with Crippen LogP contribution >= 0.6 is 11.8 Å². The molecule has 4 nitrogen and oxygen atoms in total. The van der Waals surface area contributed by atoms with E-state index in [4.69, 9.17) is 10.5 Å². The third-order valence-electron chi connectivity index (χ3n) is 2.69. The number of thioether (sulfide) groups is 1. The number of carbonyl (C=O) groups excluding carboxylic acids is 1. The third kappa shape index (κ3) is 5.03. The topological polar surface area (TPSA) is 64.4 Å². The van der Waals surface area contributed by atoms with Gasteiger partial charge in [-0.2, -0.15) is 0 Å². The molecule has 0 aromatic heterocycles. The number of nitrogens with two attached hydrogens (primary N) is 1. The molecule has 0 aliphatic rings. The lowest BCUT2D eigenvalue weighted by Crippen LogP contribution is -2.31. The zero-order valence-electron chi connectivity index (χ0n) is 11.7. The average Bonchev–Trinajstić information content (AvgIpc) is 2.40. The van der Waals surface area contributed by atoms with Crippen LogP contribution in [0.1, 0.15) is 26.7 Å². The largest absolute Gasteiger partial charge is 0.496 e. The third-order valence-corrected chi connectivity index (χ3v) is 3.85. The van der Waals surface area contributed by atoms with Crippen molar-refractivity contribution in [3.8, 4) is 5.75 Å². The average molecular weight is 282 g/mol. The van der Waals surface area contributed by atoms with Crippen LogP contribution in [0.4, 0.5) is 5.69 Å². The zero-order chi connectivity index (χ0) is 14.3. The van der Waals surface area contributed by atoms with Crippen LogP contribution in [0.2, 0.25) is 0 Å². The molecular formula is C14H22N2O2S. The second kappa shape index (κ2) is 7.94. The summed E-state index contributed by atoms with van der Waals surface area (Å²) in [5, 5.41) is 2.77. The van der Waals surface area contributed by atoms with Crippen molar-refractivity contribution in [1.29, 1.82) is 0 Å². The van der Waals surface area contributed by atoms with E-state index in [1.807, 2.05) is 19.1 Å². The number of nitrogens with one attached hydrogen (secondary N) is 1. The molecule has 0 aliphatic carbocycles. The van der Waals surface area contributed by atoms with Gasteiger partial charge in [-0.25, -0.2) is 0 Å². The molecule has 0 radical (unpaired) electrons. The van der Waals surface area contributed by atoms with Crippen molar-refractivity contribution in [2.24, 2.45) is 0 Å². The van der Waals surface area contributed by atoms with Crippen LogP contribution in [-0.2, 0) is 4.79 Å². The summed E-state index contributed by atoms with van der Waals surface area (Å²) in [6.07, 6.45) is 2.09. The summed E-state index contributed by atoms with van der Waals surface area (Å²) in [5.41, 5.74) is 6.36. The van der Waals surface area contributed by atoms with E-state index in [1.165, 1.54) is 11.8 Å². The van der Waals surface area contributed by atoms with Crippen molar-refractivity contribution < 1.29 is 9.53 Å². The summed E-state index contributed by atoms with van der Waals surface area (Å²) < 4.78 is 5.27. The molecule has 19 heavy (non-hydrogen) atoms. The summed E-state index contributed by atoms with van der Waals surface area (Å²) in [5.74, 6) is 0.760. The second-order valence-corrected chi connectivity index (χ2v) is 5.70. The Balaban J connectivity index is 2.60.